The van der Waals surface area contributed by atoms with Crippen LogP contribution in [-0.4, -0.2) is 30.4 Å². The van der Waals surface area contributed by atoms with Gasteiger partial charge in [-0.3, -0.25) is 9.59 Å². The van der Waals surface area contributed by atoms with E-state index in [9.17, 15) is 9.59 Å². The van der Waals surface area contributed by atoms with Crippen molar-refractivity contribution in [2.24, 2.45) is 5.73 Å². The summed E-state index contributed by atoms with van der Waals surface area (Å²) in [6.07, 6.45) is 6.59. The first kappa shape index (κ1) is 17.5. The van der Waals surface area contributed by atoms with Gasteiger partial charge in [-0.15, -0.1) is 0 Å². The molecule has 1 aliphatic carbocycles. The van der Waals surface area contributed by atoms with Crippen LogP contribution in [0.25, 0.3) is 0 Å². The zero-order valence-corrected chi connectivity index (χ0v) is 13.6. The zero-order valence-electron chi connectivity index (χ0n) is 13.6. The first-order valence-electron chi connectivity index (χ1n) is 8.52. The number of hydrogen-bond acceptors (Lipinski definition) is 3. The Labute approximate surface area is 138 Å². The van der Waals surface area contributed by atoms with Crippen molar-refractivity contribution in [1.82, 2.24) is 10.6 Å². The lowest BCUT2D eigenvalue weighted by atomic mass is 9.95. The second-order valence-electron chi connectivity index (χ2n) is 6.24. The Kier molecular flexibility index (Phi) is 7.07. The normalized spacial score (nSPS) is 16.6. The minimum absolute atomic E-state index is 0.00818. The summed E-state index contributed by atoms with van der Waals surface area (Å²) >= 11 is 0. The van der Waals surface area contributed by atoms with Crippen LogP contribution >= 0.6 is 0 Å². The largest absolute Gasteiger partial charge is 0.354 e. The van der Waals surface area contributed by atoms with Crippen molar-refractivity contribution in [3.63, 3.8) is 0 Å². The fraction of sp³-hybridized carbons (Fsp3) is 0.556. The number of nitrogens with two attached hydrogens (primary N) is 1. The highest BCUT2D eigenvalue weighted by Crippen LogP contribution is 2.17. The predicted molar refractivity (Wildman–Crippen MR) is 90.8 cm³/mol. The molecule has 0 unspecified atom stereocenters. The molecule has 0 aliphatic heterocycles. The highest BCUT2D eigenvalue weighted by Gasteiger charge is 2.17. The molecule has 1 fully saturated rings. The van der Waals surface area contributed by atoms with Gasteiger partial charge < -0.3 is 16.4 Å². The van der Waals surface area contributed by atoms with E-state index in [1.165, 1.54) is 19.3 Å². The maximum absolute atomic E-state index is 12.0. The molecule has 0 radical (unpaired) electrons. The summed E-state index contributed by atoms with van der Waals surface area (Å²) in [5, 5.41) is 5.79. The number of benzene rings is 1. The standard InChI is InChI=1S/C18H27N3O2/c19-16(13-14-7-3-1-4-8-14)18(23)20-12-11-17(22)21-15-9-5-2-6-10-15/h1,3-4,7-8,15-16H,2,5-6,9-13,19H2,(H,20,23)(H,21,22)/t16-/m0/s1. The minimum Gasteiger partial charge on any atom is -0.354 e. The first-order chi connectivity index (χ1) is 11.1. The van der Waals surface area contributed by atoms with Gasteiger partial charge in [0, 0.05) is 19.0 Å². The molecule has 1 aromatic rings. The van der Waals surface area contributed by atoms with Crippen molar-refractivity contribution < 1.29 is 9.59 Å². The smallest absolute Gasteiger partial charge is 0.237 e. The highest BCUT2D eigenvalue weighted by molar-refractivity contribution is 5.83. The van der Waals surface area contributed by atoms with Crippen molar-refractivity contribution in [2.45, 2.75) is 57.0 Å². The molecule has 2 rings (SSSR count). The van der Waals surface area contributed by atoms with E-state index in [-0.39, 0.29) is 11.8 Å². The Bertz CT molecular complexity index is 498. The van der Waals surface area contributed by atoms with E-state index in [0.29, 0.717) is 25.4 Å². The van der Waals surface area contributed by atoms with Crippen molar-refractivity contribution in [3.8, 4) is 0 Å². The van der Waals surface area contributed by atoms with Gasteiger partial charge in [0.25, 0.3) is 0 Å². The third-order valence-electron chi connectivity index (χ3n) is 4.26. The van der Waals surface area contributed by atoms with Gasteiger partial charge in [-0.05, 0) is 24.8 Å². The molecule has 0 heterocycles. The Hall–Kier alpha value is -1.88. The Balaban J connectivity index is 1.62. The highest BCUT2D eigenvalue weighted by atomic mass is 16.2. The summed E-state index contributed by atoms with van der Waals surface area (Å²) < 4.78 is 0. The summed E-state index contributed by atoms with van der Waals surface area (Å²) in [6.45, 7) is 0.333. The molecule has 126 valence electrons. The Morgan fingerprint density at radius 3 is 2.52 bits per heavy atom. The summed E-state index contributed by atoms with van der Waals surface area (Å²) in [4.78, 5) is 23.8. The molecule has 2 amide bonds. The van der Waals surface area contributed by atoms with Gasteiger partial charge in [0.05, 0.1) is 6.04 Å². The van der Waals surface area contributed by atoms with Gasteiger partial charge in [0.15, 0.2) is 0 Å². The lowest BCUT2D eigenvalue weighted by Crippen LogP contribution is -2.44. The average Bonchev–Trinajstić information content (AvgIpc) is 2.56. The summed E-state index contributed by atoms with van der Waals surface area (Å²) in [6, 6.07) is 9.41. The maximum atomic E-state index is 12.0. The Morgan fingerprint density at radius 1 is 1.13 bits per heavy atom. The molecule has 0 saturated heterocycles. The third kappa shape index (κ3) is 6.40. The first-order valence-corrected chi connectivity index (χ1v) is 8.52. The number of hydrogen-bond donors (Lipinski definition) is 3. The van der Waals surface area contributed by atoms with Crippen LogP contribution in [0, 0.1) is 0 Å². The van der Waals surface area contributed by atoms with Gasteiger partial charge in [-0.1, -0.05) is 49.6 Å². The van der Waals surface area contributed by atoms with Crippen molar-refractivity contribution in [1.29, 1.82) is 0 Å². The molecular weight excluding hydrogens is 290 g/mol. The quantitative estimate of drug-likeness (QED) is 0.713. The molecule has 1 saturated carbocycles. The van der Waals surface area contributed by atoms with Gasteiger partial charge in [0.1, 0.15) is 0 Å². The molecule has 0 aromatic heterocycles. The molecule has 1 aliphatic rings. The second kappa shape index (κ2) is 9.30. The van der Waals surface area contributed by atoms with Crippen molar-refractivity contribution in [2.75, 3.05) is 6.54 Å². The topological polar surface area (TPSA) is 84.2 Å². The number of carbonyl (C=O) groups excluding carboxylic acids is 2. The molecule has 23 heavy (non-hydrogen) atoms. The average molecular weight is 317 g/mol. The van der Waals surface area contributed by atoms with Crippen molar-refractivity contribution in [3.05, 3.63) is 35.9 Å². The molecule has 5 heteroatoms. The summed E-state index contributed by atoms with van der Waals surface area (Å²) in [5.41, 5.74) is 6.94. The maximum Gasteiger partial charge on any atom is 0.237 e. The van der Waals surface area contributed by atoms with E-state index < -0.39 is 6.04 Å². The second-order valence-corrected chi connectivity index (χ2v) is 6.24. The van der Waals surface area contributed by atoms with E-state index in [2.05, 4.69) is 10.6 Å². The summed E-state index contributed by atoms with van der Waals surface area (Å²) in [7, 11) is 0. The van der Waals surface area contributed by atoms with E-state index >= 15 is 0 Å². The molecule has 0 bridgehead atoms. The molecule has 4 N–H and O–H groups in total. The predicted octanol–water partition coefficient (Wildman–Crippen LogP) is 1.51. The lowest BCUT2D eigenvalue weighted by Gasteiger charge is -2.22. The third-order valence-corrected chi connectivity index (χ3v) is 4.26. The van der Waals surface area contributed by atoms with Crippen LogP contribution in [0.4, 0.5) is 0 Å². The Morgan fingerprint density at radius 2 is 1.83 bits per heavy atom. The SMILES string of the molecule is N[C@@H](Cc1ccccc1)C(=O)NCCC(=O)NC1CCCCC1. The molecule has 1 aromatic carbocycles. The van der Waals surface area contributed by atoms with Crippen LogP contribution in [0.15, 0.2) is 30.3 Å². The van der Waals surface area contributed by atoms with E-state index in [0.717, 1.165) is 18.4 Å². The van der Waals surface area contributed by atoms with Crippen LogP contribution in [0.5, 0.6) is 0 Å². The van der Waals surface area contributed by atoms with Crippen LogP contribution in [0.2, 0.25) is 0 Å². The van der Waals surface area contributed by atoms with Crippen LogP contribution in [0.1, 0.15) is 44.1 Å². The van der Waals surface area contributed by atoms with E-state index in [4.69, 9.17) is 5.73 Å². The number of carbonyl (C=O) groups is 2. The number of amides is 2. The molecule has 5 nitrogen and oxygen atoms in total. The van der Waals surface area contributed by atoms with Crippen LogP contribution in [-0.2, 0) is 16.0 Å². The fourth-order valence-electron chi connectivity index (χ4n) is 2.94. The van der Waals surface area contributed by atoms with Crippen LogP contribution in [0.3, 0.4) is 0 Å². The monoisotopic (exact) mass is 317 g/mol. The van der Waals surface area contributed by atoms with Crippen molar-refractivity contribution >= 4 is 11.8 Å². The molecule has 0 spiro atoms. The van der Waals surface area contributed by atoms with E-state index in [1.807, 2.05) is 30.3 Å². The molecular formula is C18H27N3O2. The van der Waals surface area contributed by atoms with Gasteiger partial charge in [-0.25, -0.2) is 0 Å². The molecule has 1 atom stereocenters. The number of rotatable bonds is 7. The lowest BCUT2D eigenvalue weighted by molar-refractivity contribution is -0.123. The van der Waals surface area contributed by atoms with Gasteiger partial charge >= 0.3 is 0 Å². The van der Waals surface area contributed by atoms with Crippen LogP contribution < -0.4 is 16.4 Å². The summed E-state index contributed by atoms with van der Waals surface area (Å²) in [5.74, 6) is -0.201. The van der Waals surface area contributed by atoms with Gasteiger partial charge in [-0.2, -0.15) is 0 Å². The van der Waals surface area contributed by atoms with Gasteiger partial charge in [0.2, 0.25) is 11.8 Å². The number of nitrogens with one attached hydrogen (secondary N) is 2. The minimum atomic E-state index is -0.584. The fourth-order valence-corrected chi connectivity index (χ4v) is 2.94. The van der Waals surface area contributed by atoms with E-state index in [1.54, 1.807) is 0 Å². The zero-order chi connectivity index (χ0) is 16.5.